The number of carbonyl (C=O) groups excluding carboxylic acids is 2. The molecular weight excluding hydrogens is 376 g/mol. The van der Waals surface area contributed by atoms with E-state index in [2.05, 4.69) is 6.07 Å². The summed E-state index contributed by atoms with van der Waals surface area (Å²) in [5.41, 5.74) is 4.28. The van der Waals surface area contributed by atoms with Gasteiger partial charge in [-0.3, -0.25) is 9.59 Å². The Morgan fingerprint density at radius 1 is 0.833 bits per heavy atom. The molecule has 0 unspecified atom stereocenters. The van der Waals surface area contributed by atoms with Crippen LogP contribution in [-0.4, -0.2) is 21.3 Å². The van der Waals surface area contributed by atoms with Crippen molar-refractivity contribution in [1.29, 1.82) is 5.26 Å². The number of nitriles is 1. The summed E-state index contributed by atoms with van der Waals surface area (Å²) in [6.45, 7) is 0.638. The minimum Gasteiger partial charge on any atom is -0.268 e. The van der Waals surface area contributed by atoms with Gasteiger partial charge in [-0.25, -0.2) is 14.0 Å². The van der Waals surface area contributed by atoms with Crippen molar-refractivity contribution >= 4 is 22.8 Å². The molecule has 0 spiro atoms. The molecule has 0 fully saturated rings. The molecule has 0 N–H and O–H groups in total. The molecule has 0 saturated heterocycles. The van der Waals surface area contributed by atoms with E-state index in [4.69, 9.17) is 0 Å². The quantitative estimate of drug-likeness (QED) is 0.395. The number of nitrogens with zero attached hydrogens (tertiary/aromatic N) is 4. The average molecular weight is 393 g/mol. The van der Waals surface area contributed by atoms with Gasteiger partial charge in [0.2, 0.25) is 6.33 Å². The number of amides is 2. The van der Waals surface area contributed by atoms with Gasteiger partial charge >= 0.3 is 0 Å². The lowest BCUT2D eigenvalue weighted by molar-refractivity contribution is -0.685. The number of benzene rings is 3. The molecular formula is C24H17N4O2+. The Bertz CT molecular complexity index is 1330. The maximum atomic E-state index is 12.8. The summed E-state index contributed by atoms with van der Waals surface area (Å²) in [5.74, 6) is -0.565. The third-order valence-corrected chi connectivity index (χ3v) is 5.43. The van der Waals surface area contributed by atoms with Crippen molar-refractivity contribution in [3.63, 3.8) is 0 Å². The van der Waals surface area contributed by atoms with Gasteiger partial charge in [-0.15, -0.1) is 0 Å². The normalized spacial score (nSPS) is 13.0. The number of imide groups is 1. The fraction of sp³-hybridized carbons (Fsp3) is 0.0833. The summed E-state index contributed by atoms with van der Waals surface area (Å²) in [6, 6.07) is 24.4. The Morgan fingerprint density at radius 3 is 2.20 bits per heavy atom. The minimum absolute atomic E-state index is 0.125. The Morgan fingerprint density at radius 2 is 1.47 bits per heavy atom. The van der Waals surface area contributed by atoms with Gasteiger partial charge < -0.3 is 0 Å². The van der Waals surface area contributed by atoms with Crippen molar-refractivity contribution in [2.75, 3.05) is 0 Å². The highest BCUT2D eigenvalue weighted by molar-refractivity contribution is 6.21. The second kappa shape index (κ2) is 6.98. The van der Waals surface area contributed by atoms with E-state index in [1.54, 1.807) is 30.3 Å². The van der Waals surface area contributed by atoms with Crippen LogP contribution in [0.3, 0.4) is 0 Å². The molecule has 1 aromatic heterocycles. The summed E-state index contributed by atoms with van der Waals surface area (Å²) >= 11 is 0. The first-order valence-electron chi connectivity index (χ1n) is 9.58. The lowest BCUT2D eigenvalue weighted by atomic mass is 10.1. The average Bonchev–Trinajstić information content (AvgIpc) is 3.25. The molecule has 2 heterocycles. The van der Waals surface area contributed by atoms with Crippen LogP contribution in [0.1, 0.15) is 31.8 Å². The van der Waals surface area contributed by atoms with E-state index >= 15 is 0 Å². The Kier molecular flexibility index (Phi) is 4.15. The van der Waals surface area contributed by atoms with Crippen LogP contribution in [0.2, 0.25) is 0 Å². The van der Waals surface area contributed by atoms with Crippen molar-refractivity contribution in [2.24, 2.45) is 0 Å². The first kappa shape index (κ1) is 17.8. The van der Waals surface area contributed by atoms with Crippen molar-refractivity contribution < 1.29 is 14.2 Å². The van der Waals surface area contributed by atoms with Gasteiger partial charge in [0.15, 0.2) is 17.7 Å². The fourth-order valence-electron chi connectivity index (χ4n) is 3.95. The zero-order valence-electron chi connectivity index (χ0n) is 16.0. The maximum Gasteiger partial charge on any atom is 0.264 e. The second-order valence-electron chi connectivity index (χ2n) is 7.20. The Labute approximate surface area is 172 Å². The van der Waals surface area contributed by atoms with Crippen molar-refractivity contribution in [3.05, 3.63) is 101 Å². The SMILES string of the molecule is N#Cc1ccccc1Cn1c[n+](CN2C(=O)c3ccccc3C2=O)c2ccccc21. The highest BCUT2D eigenvalue weighted by atomic mass is 16.2. The molecule has 0 saturated carbocycles. The number of carbonyl (C=O) groups is 2. The van der Waals surface area contributed by atoms with E-state index in [-0.39, 0.29) is 18.5 Å². The number of imidazole rings is 1. The number of fused-ring (bicyclic) bond motifs is 2. The van der Waals surface area contributed by atoms with Crippen LogP contribution in [0, 0.1) is 11.3 Å². The monoisotopic (exact) mass is 393 g/mol. The number of hydrogen-bond acceptors (Lipinski definition) is 3. The molecule has 0 radical (unpaired) electrons. The van der Waals surface area contributed by atoms with E-state index in [9.17, 15) is 14.9 Å². The zero-order chi connectivity index (χ0) is 20.7. The molecule has 2 amide bonds. The molecule has 144 valence electrons. The van der Waals surface area contributed by atoms with E-state index in [1.165, 1.54) is 4.90 Å². The highest BCUT2D eigenvalue weighted by Crippen LogP contribution is 2.23. The molecule has 30 heavy (non-hydrogen) atoms. The Hall–Kier alpha value is -4.24. The molecule has 0 aliphatic carbocycles. The fourth-order valence-corrected chi connectivity index (χ4v) is 3.95. The van der Waals surface area contributed by atoms with Crippen LogP contribution in [0.25, 0.3) is 11.0 Å². The molecule has 4 aromatic rings. The van der Waals surface area contributed by atoms with Gasteiger partial charge in [0.05, 0.1) is 22.8 Å². The van der Waals surface area contributed by atoms with Crippen LogP contribution >= 0.6 is 0 Å². The maximum absolute atomic E-state index is 12.8. The molecule has 0 atom stereocenters. The molecule has 5 rings (SSSR count). The molecule has 1 aliphatic heterocycles. The minimum atomic E-state index is -0.283. The van der Waals surface area contributed by atoms with Crippen molar-refractivity contribution in [2.45, 2.75) is 13.2 Å². The van der Waals surface area contributed by atoms with Gasteiger partial charge in [0.25, 0.3) is 11.8 Å². The predicted molar refractivity (Wildman–Crippen MR) is 109 cm³/mol. The van der Waals surface area contributed by atoms with Crippen LogP contribution < -0.4 is 4.57 Å². The lowest BCUT2D eigenvalue weighted by Gasteiger charge is -2.11. The lowest BCUT2D eigenvalue weighted by Crippen LogP contribution is -2.45. The summed E-state index contributed by atoms with van der Waals surface area (Å²) in [5, 5.41) is 9.40. The largest absolute Gasteiger partial charge is 0.268 e. The number of hydrogen-bond donors (Lipinski definition) is 0. The molecule has 3 aromatic carbocycles. The highest BCUT2D eigenvalue weighted by Gasteiger charge is 2.37. The second-order valence-corrected chi connectivity index (χ2v) is 7.20. The van der Waals surface area contributed by atoms with Crippen molar-refractivity contribution in [1.82, 2.24) is 9.47 Å². The summed E-state index contributed by atoms with van der Waals surface area (Å²) < 4.78 is 3.93. The predicted octanol–water partition coefficient (Wildman–Crippen LogP) is 3.10. The number of para-hydroxylation sites is 2. The Balaban J connectivity index is 1.53. The third-order valence-electron chi connectivity index (χ3n) is 5.43. The number of aromatic nitrogens is 2. The van der Waals surface area contributed by atoms with E-state index < -0.39 is 0 Å². The molecule has 6 nitrogen and oxygen atoms in total. The zero-order valence-corrected chi connectivity index (χ0v) is 16.0. The topological polar surface area (TPSA) is 70.0 Å². The van der Waals surface area contributed by atoms with Crippen LogP contribution in [0.4, 0.5) is 0 Å². The van der Waals surface area contributed by atoms with E-state index in [0.29, 0.717) is 23.2 Å². The van der Waals surface area contributed by atoms with Gasteiger partial charge in [-0.2, -0.15) is 5.26 Å². The molecule has 0 bridgehead atoms. The summed E-state index contributed by atoms with van der Waals surface area (Å²) in [4.78, 5) is 26.8. The first-order chi connectivity index (χ1) is 14.7. The van der Waals surface area contributed by atoms with Crippen LogP contribution in [-0.2, 0) is 13.2 Å². The van der Waals surface area contributed by atoms with Gasteiger partial charge in [-0.1, -0.05) is 42.5 Å². The van der Waals surface area contributed by atoms with Gasteiger partial charge in [0.1, 0.15) is 6.54 Å². The molecule has 1 aliphatic rings. The van der Waals surface area contributed by atoms with E-state index in [0.717, 1.165) is 16.6 Å². The van der Waals surface area contributed by atoms with Crippen LogP contribution in [0.5, 0.6) is 0 Å². The van der Waals surface area contributed by atoms with Gasteiger partial charge in [0, 0.05) is 5.56 Å². The number of rotatable bonds is 4. The van der Waals surface area contributed by atoms with Gasteiger partial charge in [-0.05, 0) is 30.3 Å². The molecule has 6 heteroatoms. The first-order valence-corrected chi connectivity index (χ1v) is 9.58. The van der Waals surface area contributed by atoms with Crippen molar-refractivity contribution in [3.8, 4) is 6.07 Å². The van der Waals surface area contributed by atoms with E-state index in [1.807, 2.05) is 57.9 Å². The summed E-state index contributed by atoms with van der Waals surface area (Å²) in [6.07, 6.45) is 1.89. The smallest absolute Gasteiger partial charge is 0.264 e. The summed E-state index contributed by atoms with van der Waals surface area (Å²) in [7, 11) is 0. The van der Waals surface area contributed by atoms with Crippen LogP contribution in [0.15, 0.2) is 79.1 Å². The standard InChI is InChI=1S/C24H17N4O2/c25-13-17-7-1-2-8-18(17)14-26-15-27(22-12-6-5-11-21(22)26)16-28-23(29)19-9-3-4-10-20(19)24(28)30/h1-12,15H,14,16H2/q+1. The third kappa shape index (κ3) is 2.76.